The highest BCUT2D eigenvalue weighted by atomic mass is 127. The Labute approximate surface area is 213 Å². The maximum Gasteiger partial charge on any atom is 0.241 e. The molecule has 4 aromatic rings. The van der Waals surface area contributed by atoms with Crippen molar-refractivity contribution in [1.29, 1.82) is 0 Å². The van der Waals surface area contributed by atoms with Crippen molar-refractivity contribution < 1.29 is 13.2 Å². The summed E-state index contributed by atoms with van der Waals surface area (Å²) < 4.78 is 36.8. The van der Waals surface area contributed by atoms with Crippen LogP contribution >= 0.6 is 22.6 Å². The second-order valence-corrected chi connectivity index (χ2v) is 10.8. The van der Waals surface area contributed by atoms with Crippen molar-refractivity contribution in [1.82, 2.24) is 4.72 Å². The molecular formula is C28H22INO3S. The molecule has 0 bridgehead atoms. The quantitative estimate of drug-likeness (QED) is 0.280. The van der Waals surface area contributed by atoms with Crippen LogP contribution in [0.1, 0.15) is 22.3 Å². The van der Waals surface area contributed by atoms with E-state index in [2.05, 4.69) is 45.5 Å². The van der Waals surface area contributed by atoms with Crippen LogP contribution in [-0.4, -0.2) is 15.5 Å². The third-order valence-electron chi connectivity index (χ3n) is 6.08. The predicted molar refractivity (Wildman–Crippen MR) is 143 cm³/mol. The molecule has 0 amide bonds. The third-order valence-corrected chi connectivity index (χ3v) is 8.89. The first-order valence-corrected chi connectivity index (χ1v) is 13.3. The van der Waals surface area contributed by atoms with Gasteiger partial charge in [0.1, 0.15) is 11.3 Å². The first-order chi connectivity index (χ1) is 16.5. The number of hydrogen-bond acceptors (Lipinski definition) is 3. The molecule has 1 N–H and O–H groups in total. The monoisotopic (exact) mass is 579 g/mol. The summed E-state index contributed by atoms with van der Waals surface area (Å²) in [5.41, 5.74) is 3.78. The van der Waals surface area contributed by atoms with Crippen molar-refractivity contribution in [2.24, 2.45) is 0 Å². The van der Waals surface area contributed by atoms with Crippen molar-refractivity contribution in [3.8, 4) is 5.75 Å². The smallest absolute Gasteiger partial charge is 0.241 e. The van der Waals surface area contributed by atoms with Gasteiger partial charge < -0.3 is 4.74 Å². The van der Waals surface area contributed by atoms with Crippen LogP contribution in [0, 0.1) is 0 Å². The fraction of sp³-hybridized carbons (Fsp3) is 0.0714. The summed E-state index contributed by atoms with van der Waals surface area (Å²) in [5, 5.41) is 0. The van der Waals surface area contributed by atoms with Crippen LogP contribution in [0.15, 0.2) is 118 Å². The van der Waals surface area contributed by atoms with E-state index in [0.717, 1.165) is 31.4 Å². The standard InChI is InChI=1S/C28H22INO3S/c1-33-22-16-18-23(19-17-22)34(31,32)30-28(21-12-6-3-7-13-21)25-15-9-8-14-24(25)26(27(28)29)20-10-4-2-5-11-20/h2-19,30H,1H3. The molecule has 0 spiro atoms. The highest BCUT2D eigenvalue weighted by Crippen LogP contribution is 2.54. The average Bonchev–Trinajstić information content (AvgIpc) is 3.13. The Morgan fingerprint density at radius 2 is 1.35 bits per heavy atom. The molecule has 0 saturated carbocycles. The molecule has 4 aromatic carbocycles. The topological polar surface area (TPSA) is 55.4 Å². The van der Waals surface area contributed by atoms with E-state index in [1.54, 1.807) is 31.4 Å². The van der Waals surface area contributed by atoms with Crippen LogP contribution in [0.5, 0.6) is 5.75 Å². The molecule has 1 aliphatic rings. The summed E-state index contributed by atoms with van der Waals surface area (Å²) in [7, 11) is -2.35. The van der Waals surface area contributed by atoms with Crippen LogP contribution in [-0.2, 0) is 15.6 Å². The molecule has 0 aliphatic heterocycles. The number of benzene rings is 4. The number of halogens is 1. The zero-order valence-electron chi connectivity index (χ0n) is 18.4. The van der Waals surface area contributed by atoms with E-state index in [1.807, 2.05) is 66.7 Å². The van der Waals surface area contributed by atoms with Gasteiger partial charge in [0.15, 0.2) is 0 Å². The summed E-state index contributed by atoms with van der Waals surface area (Å²) >= 11 is 2.31. The molecule has 0 heterocycles. The first kappa shape index (κ1) is 22.8. The van der Waals surface area contributed by atoms with Gasteiger partial charge in [0.25, 0.3) is 0 Å². The van der Waals surface area contributed by atoms with Crippen LogP contribution in [0.4, 0.5) is 0 Å². The Kier molecular flexibility index (Phi) is 6.06. The minimum Gasteiger partial charge on any atom is -0.497 e. The molecule has 6 heteroatoms. The third kappa shape index (κ3) is 3.76. The summed E-state index contributed by atoms with van der Waals surface area (Å²) in [6, 6.07) is 34.3. The molecule has 4 nitrogen and oxygen atoms in total. The lowest BCUT2D eigenvalue weighted by Crippen LogP contribution is -2.46. The Hall–Kier alpha value is -2.94. The number of nitrogens with one attached hydrogen (secondary N) is 1. The Morgan fingerprint density at radius 3 is 2.00 bits per heavy atom. The lowest BCUT2D eigenvalue weighted by Gasteiger charge is -2.33. The van der Waals surface area contributed by atoms with E-state index in [-0.39, 0.29) is 4.90 Å². The van der Waals surface area contributed by atoms with E-state index in [0.29, 0.717) is 5.75 Å². The van der Waals surface area contributed by atoms with Gasteiger partial charge in [0.2, 0.25) is 10.0 Å². The van der Waals surface area contributed by atoms with Gasteiger partial charge in [-0.3, -0.25) is 0 Å². The fourth-order valence-corrected chi connectivity index (χ4v) is 7.35. The van der Waals surface area contributed by atoms with Crippen LogP contribution in [0.2, 0.25) is 0 Å². The van der Waals surface area contributed by atoms with Gasteiger partial charge in [0.05, 0.1) is 12.0 Å². The molecule has 1 aliphatic carbocycles. The molecule has 1 unspecified atom stereocenters. The van der Waals surface area contributed by atoms with Gasteiger partial charge in [0, 0.05) is 9.15 Å². The molecule has 0 fully saturated rings. The number of hydrogen-bond donors (Lipinski definition) is 1. The van der Waals surface area contributed by atoms with Crippen LogP contribution < -0.4 is 9.46 Å². The molecule has 0 radical (unpaired) electrons. The van der Waals surface area contributed by atoms with Crippen molar-refractivity contribution in [2.75, 3.05) is 7.11 Å². The molecule has 5 rings (SSSR count). The summed E-state index contributed by atoms with van der Waals surface area (Å²) in [6.45, 7) is 0. The predicted octanol–water partition coefficient (Wildman–Crippen LogP) is 6.13. The zero-order valence-corrected chi connectivity index (χ0v) is 21.4. The second kappa shape index (κ2) is 9.02. The van der Waals surface area contributed by atoms with E-state index in [1.165, 1.54) is 0 Å². The molecule has 170 valence electrons. The van der Waals surface area contributed by atoms with Gasteiger partial charge in [-0.05, 0) is 69.1 Å². The van der Waals surface area contributed by atoms with E-state index in [9.17, 15) is 8.42 Å². The number of ether oxygens (including phenoxy) is 1. The maximum absolute atomic E-state index is 13.8. The van der Waals surface area contributed by atoms with Crippen molar-refractivity contribution in [3.63, 3.8) is 0 Å². The summed E-state index contributed by atoms with van der Waals surface area (Å²) in [6.07, 6.45) is 0. The van der Waals surface area contributed by atoms with Crippen molar-refractivity contribution >= 4 is 38.2 Å². The largest absolute Gasteiger partial charge is 0.497 e. The molecule has 0 saturated heterocycles. The fourth-order valence-electron chi connectivity index (χ4n) is 4.48. The first-order valence-electron chi connectivity index (χ1n) is 10.8. The molecular weight excluding hydrogens is 557 g/mol. The van der Waals surface area contributed by atoms with Gasteiger partial charge in [-0.25, -0.2) is 8.42 Å². The van der Waals surface area contributed by atoms with Crippen molar-refractivity contribution in [3.05, 3.63) is 135 Å². The maximum atomic E-state index is 13.8. The highest BCUT2D eigenvalue weighted by Gasteiger charge is 2.48. The highest BCUT2D eigenvalue weighted by molar-refractivity contribution is 14.1. The minimum atomic E-state index is -3.90. The van der Waals surface area contributed by atoms with E-state index >= 15 is 0 Å². The number of methoxy groups -OCH3 is 1. The Morgan fingerprint density at radius 1 is 0.765 bits per heavy atom. The van der Waals surface area contributed by atoms with Gasteiger partial charge in [-0.2, -0.15) is 4.72 Å². The van der Waals surface area contributed by atoms with Gasteiger partial charge in [-0.15, -0.1) is 0 Å². The van der Waals surface area contributed by atoms with E-state index in [4.69, 9.17) is 4.74 Å². The van der Waals surface area contributed by atoms with Crippen LogP contribution in [0.3, 0.4) is 0 Å². The lowest BCUT2D eigenvalue weighted by molar-refractivity contribution is 0.414. The molecule has 1 atom stereocenters. The number of sulfonamides is 1. The van der Waals surface area contributed by atoms with Gasteiger partial charge >= 0.3 is 0 Å². The zero-order chi connectivity index (χ0) is 23.8. The normalized spacial score (nSPS) is 17.5. The van der Waals surface area contributed by atoms with E-state index < -0.39 is 15.6 Å². The van der Waals surface area contributed by atoms with Gasteiger partial charge in [-0.1, -0.05) is 84.9 Å². The second-order valence-electron chi connectivity index (χ2n) is 8.00. The molecule has 34 heavy (non-hydrogen) atoms. The van der Waals surface area contributed by atoms with Crippen LogP contribution in [0.25, 0.3) is 5.57 Å². The summed E-state index contributed by atoms with van der Waals surface area (Å²) in [5.74, 6) is 0.601. The van der Waals surface area contributed by atoms with Crippen molar-refractivity contribution in [2.45, 2.75) is 10.4 Å². The number of fused-ring (bicyclic) bond motifs is 1. The number of rotatable bonds is 6. The average molecular weight is 579 g/mol. The summed E-state index contributed by atoms with van der Waals surface area (Å²) in [4.78, 5) is 0.179. The minimum absolute atomic E-state index is 0.179. The SMILES string of the molecule is COc1ccc(S(=O)(=O)NC2(c3ccccc3)C(I)=C(c3ccccc3)c3ccccc32)cc1. The Bertz CT molecular complexity index is 1470. The Balaban J connectivity index is 1.77. The molecule has 0 aromatic heterocycles. The lowest BCUT2D eigenvalue weighted by atomic mass is 9.86.